The van der Waals surface area contributed by atoms with Crippen molar-refractivity contribution in [3.8, 4) is 11.9 Å². The summed E-state index contributed by atoms with van der Waals surface area (Å²) in [5.74, 6) is 0.967. The zero-order chi connectivity index (χ0) is 13.8. The van der Waals surface area contributed by atoms with Gasteiger partial charge in [0.1, 0.15) is 12.0 Å². The van der Waals surface area contributed by atoms with Gasteiger partial charge in [-0.2, -0.15) is 10.2 Å². The average Bonchev–Trinajstić information content (AvgIpc) is 2.41. The van der Waals surface area contributed by atoms with E-state index in [9.17, 15) is 0 Å². The van der Waals surface area contributed by atoms with E-state index in [1.54, 1.807) is 0 Å². The number of ether oxygens (including phenoxy) is 2. The van der Waals surface area contributed by atoms with Gasteiger partial charge in [0.15, 0.2) is 11.9 Å². The van der Waals surface area contributed by atoms with Crippen LogP contribution in [0.4, 0.5) is 11.5 Å². The van der Waals surface area contributed by atoms with E-state index in [2.05, 4.69) is 16.0 Å². The zero-order valence-electron chi connectivity index (χ0n) is 11.0. The van der Waals surface area contributed by atoms with Crippen LogP contribution in [0.25, 0.3) is 0 Å². The van der Waals surface area contributed by atoms with E-state index in [0.29, 0.717) is 37.1 Å². The maximum Gasteiger partial charge on any atom is 0.242 e. The Hall–Kier alpha value is -2.07. The second kappa shape index (κ2) is 5.71. The Balaban J connectivity index is 2.22. The van der Waals surface area contributed by atoms with Gasteiger partial charge in [-0.05, 0) is 13.8 Å². The smallest absolute Gasteiger partial charge is 0.242 e. The van der Waals surface area contributed by atoms with Gasteiger partial charge in [0.25, 0.3) is 0 Å². The standard InChI is InChI=1S/C12H17N5O2/c1-8(2)19-12-10(14)11(15-7-16-12)17-3-4-18-9(5-13)6-17/h7-9H,3-4,6,14H2,1-2H3. The van der Waals surface area contributed by atoms with Gasteiger partial charge < -0.3 is 20.1 Å². The second-order valence-corrected chi connectivity index (χ2v) is 4.52. The molecule has 0 amide bonds. The van der Waals surface area contributed by atoms with E-state index in [1.165, 1.54) is 6.33 Å². The first-order valence-electron chi connectivity index (χ1n) is 6.15. The minimum atomic E-state index is -0.461. The number of aromatic nitrogens is 2. The molecule has 1 aromatic heterocycles. The molecule has 0 bridgehead atoms. The Morgan fingerprint density at radius 1 is 1.58 bits per heavy atom. The Bertz CT molecular complexity index is 485. The van der Waals surface area contributed by atoms with Crippen molar-refractivity contribution in [3.05, 3.63) is 6.33 Å². The largest absolute Gasteiger partial charge is 0.473 e. The van der Waals surface area contributed by atoms with Crippen LogP contribution in [0.3, 0.4) is 0 Å². The molecule has 1 fully saturated rings. The third kappa shape index (κ3) is 3.03. The summed E-state index contributed by atoms with van der Waals surface area (Å²) in [5, 5.41) is 8.91. The van der Waals surface area contributed by atoms with Crippen molar-refractivity contribution in [1.29, 1.82) is 5.26 Å². The van der Waals surface area contributed by atoms with Crippen LogP contribution in [-0.2, 0) is 4.74 Å². The highest BCUT2D eigenvalue weighted by Gasteiger charge is 2.24. The molecule has 2 heterocycles. The number of nitrogens with zero attached hydrogens (tertiary/aromatic N) is 4. The summed E-state index contributed by atoms with van der Waals surface area (Å²) in [7, 11) is 0. The van der Waals surface area contributed by atoms with Crippen LogP contribution in [0, 0.1) is 11.3 Å². The minimum absolute atomic E-state index is 0.0124. The molecule has 0 radical (unpaired) electrons. The van der Waals surface area contributed by atoms with Crippen molar-refractivity contribution in [3.63, 3.8) is 0 Å². The quantitative estimate of drug-likeness (QED) is 0.851. The van der Waals surface area contributed by atoms with Crippen LogP contribution < -0.4 is 15.4 Å². The highest BCUT2D eigenvalue weighted by Crippen LogP contribution is 2.29. The van der Waals surface area contributed by atoms with Crippen LogP contribution in [0.2, 0.25) is 0 Å². The Labute approximate surface area is 112 Å². The number of morpholine rings is 1. The molecule has 2 rings (SSSR count). The summed E-state index contributed by atoms with van der Waals surface area (Å²) in [4.78, 5) is 10.1. The van der Waals surface area contributed by atoms with Crippen molar-refractivity contribution in [2.24, 2.45) is 0 Å². The fraction of sp³-hybridized carbons (Fsp3) is 0.583. The number of rotatable bonds is 3. The lowest BCUT2D eigenvalue weighted by molar-refractivity contribution is 0.0761. The number of hydrogen-bond donors (Lipinski definition) is 1. The molecular formula is C12H17N5O2. The van der Waals surface area contributed by atoms with E-state index >= 15 is 0 Å². The molecule has 7 nitrogen and oxygen atoms in total. The number of nitrogen functional groups attached to an aromatic ring is 1. The molecule has 1 aliphatic heterocycles. The molecule has 0 spiro atoms. The molecular weight excluding hydrogens is 246 g/mol. The molecule has 7 heteroatoms. The molecule has 2 N–H and O–H groups in total. The topological polar surface area (TPSA) is 97.3 Å². The van der Waals surface area contributed by atoms with Crippen LogP contribution in [0.1, 0.15) is 13.8 Å². The Morgan fingerprint density at radius 3 is 3.05 bits per heavy atom. The fourth-order valence-corrected chi connectivity index (χ4v) is 1.86. The Kier molecular flexibility index (Phi) is 4.02. The van der Waals surface area contributed by atoms with Gasteiger partial charge >= 0.3 is 0 Å². The second-order valence-electron chi connectivity index (χ2n) is 4.52. The molecule has 1 atom stereocenters. The number of hydrogen-bond acceptors (Lipinski definition) is 7. The summed E-state index contributed by atoms with van der Waals surface area (Å²) in [6, 6.07) is 2.09. The van der Waals surface area contributed by atoms with Crippen molar-refractivity contribution in [2.45, 2.75) is 26.1 Å². The molecule has 1 saturated heterocycles. The van der Waals surface area contributed by atoms with E-state index in [-0.39, 0.29) is 6.10 Å². The van der Waals surface area contributed by atoms with Crippen LogP contribution in [0.15, 0.2) is 6.33 Å². The summed E-state index contributed by atoms with van der Waals surface area (Å²) in [6.45, 7) is 5.37. The monoisotopic (exact) mass is 263 g/mol. The predicted octanol–water partition coefficient (Wildman–Crippen LogP) is 0.575. The molecule has 1 unspecified atom stereocenters. The third-order valence-corrected chi connectivity index (χ3v) is 2.68. The zero-order valence-corrected chi connectivity index (χ0v) is 11.0. The molecule has 0 aliphatic carbocycles. The third-order valence-electron chi connectivity index (χ3n) is 2.68. The van der Waals surface area contributed by atoms with Crippen LogP contribution in [0.5, 0.6) is 5.88 Å². The summed E-state index contributed by atoms with van der Waals surface area (Å²) in [6.07, 6.45) is 0.944. The van der Waals surface area contributed by atoms with Crippen molar-refractivity contribution in [1.82, 2.24) is 9.97 Å². The van der Waals surface area contributed by atoms with Crippen molar-refractivity contribution < 1.29 is 9.47 Å². The van der Waals surface area contributed by atoms with Crippen LogP contribution in [-0.4, -0.2) is 41.9 Å². The first-order chi connectivity index (χ1) is 9.11. The van der Waals surface area contributed by atoms with Crippen molar-refractivity contribution >= 4 is 11.5 Å². The van der Waals surface area contributed by atoms with E-state index in [1.807, 2.05) is 18.7 Å². The molecule has 0 saturated carbocycles. The van der Waals surface area contributed by atoms with Gasteiger partial charge in [0, 0.05) is 6.54 Å². The lowest BCUT2D eigenvalue weighted by atomic mass is 10.3. The minimum Gasteiger partial charge on any atom is -0.473 e. The maximum atomic E-state index is 8.91. The number of nitrogens with two attached hydrogens (primary N) is 1. The van der Waals surface area contributed by atoms with Crippen molar-refractivity contribution in [2.75, 3.05) is 30.3 Å². The SMILES string of the molecule is CC(C)Oc1ncnc(N2CCOC(C#N)C2)c1N. The molecule has 19 heavy (non-hydrogen) atoms. The van der Waals surface area contributed by atoms with Gasteiger partial charge in [0.05, 0.1) is 25.3 Å². The fourth-order valence-electron chi connectivity index (χ4n) is 1.86. The summed E-state index contributed by atoms with van der Waals surface area (Å²) in [5.41, 5.74) is 6.43. The number of anilines is 2. The summed E-state index contributed by atoms with van der Waals surface area (Å²) >= 11 is 0. The van der Waals surface area contributed by atoms with Gasteiger partial charge in [-0.15, -0.1) is 0 Å². The highest BCUT2D eigenvalue weighted by molar-refractivity contribution is 5.68. The molecule has 1 aliphatic rings. The average molecular weight is 263 g/mol. The van der Waals surface area contributed by atoms with Gasteiger partial charge in [-0.1, -0.05) is 0 Å². The molecule has 0 aromatic carbocycles. The maximum absolute atomic E-state index is 8.91. The molecule has 102 valence electrons. The first-order valence-corrected chi connectivity index (χ1v) is 6.15. The van der Waals surface area contributed by atoms with E-state index in [0.717, 1.165) is 0 Å². The van der Waals surface area contributed by atoms with Gasteiger partial charge in [-0.3, -0.25) is 0 Å². The van der Waals surface area contributed by atoms with Gasteiger partial charge in [0.2, 0.25) is 5.88 Å². The predicted molar refractivity (Wildman–Crippen MR) is 69.8 cm³/mol. The Morgan fingerprint density at radius 2 is 2.37 bits per heavy atom. The van der Waals surface area contributed by atoms with Crippen LogP contribution >= 0.6 is 0 Å². The highest BCUT2D eigenvalue weighted by atomic mass is 16.5. The van der Waals surface area contributed by atoms with E-state index in [4.69, 9.17) is 20.5 Å². The summed E-state index contributed by atoms with van der Waals surface area (Å²) < 4.78 is 10.8. The first kappa shape index (κ1) is 13.4. The molecule has 1 aromatic rings. The normalized spacial score (nSPS) is 19.3. The van der Waals surface area contributed by atoms with Gasteiger partial charge in [-0.25, -0.2) is 4.98 Å². The lowest BCUT2D eigenvalue weighted by Crippen LogP contribution is -2.42. The van der Waals surface area contributed by atoms with E-state index < -0.39 is 6.10 Å². The lowest BCUT2D eigenvalue weighted by Gasteiger charge is -2.31. The number of nitriles is 1.